The van der Waals surface area contributed by atoms with Crippen LogP contribution in [-0.2, 0) is 10.0 Å². The summed E-state index contributed by atoms with van der Waals surface area (Å²) >= 11 is 0. The first-order valence-corrected chi connectivity index (χ1v) is 7.65. The maximum atomic E-state index is 12.1. The zero-order chi connectivity index (χ0) is 13.6. The van der Waals surface area contributed by atoms with Crippen molar-refractivity contribution in [3.05, 3.63) is 18.3 Å². The number of pyridine rings is 1. The second-order valence-corrected chi connectivity index (χ2v) is 5.82. The fourth-order valence-electron chi connectivity index (χ4n) is 1.67. The molecule has 1 heterocycles. The van der Waals surface area contributed by atoms with Crippen LogP contribution in [0.2, 0.25) is 0 Å². The van der Waals surface area contributed by atoms with Crippen LogP contribution in [0.15, 0.2) is 23.4 Å². The van der Waals surface area contributed by atoms with Crippen molar-refractivity contribution in [2.45, 2.75) is 31.7 Å². The zero-order valence-electron chi connectivity index (χ0n) is 11.1. The lowest BCUT2D eigenvalue weighted by atomic mass is 10.0. The molecule has 6 heteroatoms. The molecule has 0 radical (unpaired) electrons. The SMILES string of the molecule is CCC(CC)CNS(=O)(=O)c1ncccc1NC. The number of nitrogens with one attached hydrogen (secondary N) is 2. The van der Waals surface area contributed by atoms with Crippen molar-refractivity contribution in [3.63, 3.8) is 0 Å². The molecule has 2 N–H and O–H groups in total. The van der Waals surface area contributed by atoms with Crippen molar-refractivity contribution in [1.82, 2.24) is 9.71 Å². The van der Waals surface area contributed by atoms with Gasteiger partial charge in [0, 0.05) is 19.8 Å². The molecule has 0 aliphatic carbocycles. The Balaban J connectivity index is 2.86. The van der Waals surface area contributed by atoms with E-state index in [1.54, 1.807) is 19.2 Å². The maximum Gasteiger partial charge on any atom is 0.260 e. The topological polar surface area (TPSA) is 71.1 Å². The van der Waals surface area contributed by atoms with E-state index in [0.29, 0.717) is 18.2 Å². The van der Waals surface area contributed by atoms with E-state index in [2.05, 4.69) is 28.9 Å². The van der Waals surface area contributed by atoms with Crippen LogP contribution in [0, 0.1) is 5.92 Å². The normalized spacial score (nSPS) is 11.8. The Hall–Kier alpha value is -1.14. The van der Waals surface area contributed by atoms with E-state index in [0.717, 1.165) is 12.8 Å². The van der Waals surface area contributed by atoms with Crippen molar-refractivity contribution in [1.29, 1.82) is 0 Å². The van der Waals surface area contributed by atoms with Crippen LogP contribution in [0.3, 0.4) is 0 Å². The molecule has 0 atom stereocenters. The summed E-state index contributed by atoms with van der Waals surface area (Å²) in [5, 5.41) is 2.89. The van der Waals surface area contributed by atoms with Gasteiger partial charge in [0.15, 0.2) is 5.03 Å². The van der Waals surface area contributed by atoms with Gasteiger partial charge < -0.3 is 5.32 Å². The van der Waals surface area contributed by atoms with Crippen LogP contribution >= 0.6 is 0 Å². The van der Waals surface area contributed by atoms with Crippen molar-refractivity contribution in [3.8, 4) is 0 Å². The Labute approximate surface area is 109 Å². The summed E-state index contributed by atoms with van der Waals surface area (Å²) < 4.78 is 26.9. The summed E-state index contributed by atoms with van der Waals surface area (Å²) in [5.41, 5.74) is 0.509. The van der Waals surface area contributed by atoms with Crippen LogP contribution in [-0.4, -0.2) is 27.0 Å². The third kappa shape index (κ3) is 3.68. The molecular formula is C12H21N3O2S. The van der Waals surface area contributed by atoms with E-state index < -0.39 is 10.0 Å². The number of sulfonamides is 1. The van der Waals surface area contributed by atoms with E-state index in [1.165, 1.54) is 6.20 Å². The zero-order valence-corrected chi connectivity index (χ0v) is 11.9. The second kappa shape index (κ2) is 6.70. The van der Waals surface area contributed by atoms with Gasteiger partial charge in [-0.2, -0.15) is 0 Å². The van der Waals surface area contributed by atoms with Crippen LogP contribution in [0.25, 0.3) is 0 Å². The lowest BCUT2D eigenvalue weighted by molar-refractivity contribution is 0.478. The first kappa shape index (κ1) is 14.9. The average Bonchev–Trinajstić information content (AvgIpc) is 2.39. The highest BCUT2D eigenvalue weighted by Gasteiger charge is 2.20. The van der Waals surface area contributed by atoms with Crippen molar-refractivity contribution in [2.24, 2.45) is 5.92 Å². The molecule has 0 fully saturated rings. The first-order valence-electron chi connectivity index (χ1n) is 6.17. The number of aromatic nitrogens is 1. The Bertz CT molecular complexity index is 470. The van der Waals surface area contributed by atoms with E-state index in [9.17, 15) is 8.42 Å². The van der Waals surface area contributed by atoms with Crippen LogP contribution < -0.4 is 10.0 Å². The third-order valence-electron chi connectivity index (χ3n) is 3.01. The number of hydrogen-bond acceptors (Lipinski definition) is 4. The summed E-state index contributed by atoms with van der Waals surface area (Å²) in [7, 11) is -1.86. The van der Waals surface area contributed by atoms with Crippen molar-refractivity contribution >= 4 is 15.7 Å². The number of hydrogen-bond donors (Lipinski definition) is 2. The minimum atomic E-state index is -3.54. The van der Waals surface area contributed by atoms with Gasteiger partial charge in [0.05, 0.1) is 5.69 Å². The fourth-order valence-corrected chi connectivity index (χ4v) is 2.92. The smallest absolute Gasteiger partial charge is 0.260 e. The van der Waals surface area contributed by atoms with Crippen LogP contribution in [0.1, 0.15) is 26.7 Å². The Kier molecular flexibility index (Phi) is 5.55. The Morgan fingerprint density at radius 2 is 2.00 bits per heavy atom. The number of rotatable bonds is 7. The summed E-state index contributed by atoms with van der Waals surface area (Å²) in [6.07, 6.45) is 3.40. The molecular weight excluding hydrogens is 250 g/mol. The summed E-state index contributed by atoms with van der Waals surface area (Å²) in [6.45, 7) is 4.57. The molecule has 1 aromatic heterocycles. The average molecular weight is 271 g/mol. The summed E-state index contributed by atoms with van der Waals surface area (Å²) in [4.78, 5) is 3.94. The van der Waals surface area contributed by atoms with Crippen LogP contribution in [0.4, 0.5) is 5.69 Å². The molecule has 5 nitrogen and oxygen atoms in total. The standard InChI is InChI=1S/C12H21N3O2S/c1-4-10(5-2)9-15-18(16,17)12-11(13-3)7-6-8-14-12/h6-8,10,13,15H,4-5,9H2,1-3H3. The molecule has 0 amide bonds. The molecule has 0 aromatic carbocycles. The minimum Gasteiger partial charge on any atom is -0.386 e. The molecule has 1 rings (SSSR count). The molecule has 0 spiro atoms. The van der Waals surface area contributed by atoms with Gasteiger partial charge in [-0.3, -0.25) is 0 Å². The van der Waals surface area contributed by atoms with Gasteiger partial charge in [-0.25, -0.2) is 18.1 Å². The van der Waals surface area contributed by atoms with Gasteiger partial charge in [0.1, 0.15) is 0 Å². The van der Waals surface area contributed by atoms with Gasteiger partial charge in [0.2, 0.25) is 0 Å². The van der Waals surface area contributed by atoms with Gasteiger partial charge in [0.25, 0.3) is 10.0 Å². The van der Waals surface area contributed by atoms with E-state index in [1.807, 2.05) is 0 Å². The minimum absolute atomic E-state index is 0.0541. The van der Waals surface area contributed by atoms with Gasteiger partial charge in [-0.15, -0.1) is 0 Å². The molecule has 0 aliphatic heterocycles. The lowest BCUT2D eigenvalue weighted by Crippen LogP contribution is -2.30. The predicted octanol–water partition coefficient (Wildman–Crippen LogP) is 1.84. The fraction of sp³-hybridized carbons (Fsp3) is 0.583. The second-order valence-electron chi connectivity index (χ2n) is 4.14. The Morgan fingerprint density at radius 3 is 2.56 bits per heavy atom. The summed E-state index contributed by atoms with van der Waals surface area (Å²) in [5.74, 6) is 0.363. The van der Waals surface area contributed by atoms with Crippen LogP contribution in [0.5, 0.6) is 0 Å². The molecule has 0 bridgehead atoms. The molecule has 18 heavy (non-hydrogen) atoms. The van der Waals surface area contributed by atoms with Crippen molar-refractivity contribution in [2.75, 3.05) is 18.9 Å². The van der Waals surface area contributed by atoms with E-state index in [-0.39, 0.29) is 5.03 Å². The Morgan fingerprint density at radius 1 is 1.33 bits per heavy atom. The highest BCUT2D eigenvalue weighted by molar-refractivity contribution is 7.89. The van der Waals surface area contributed by atoms with E-state index >= 15 is 0 Å². The molecule has 0 saturated heterocycles. The quantitative estimate of drug-likeness (QED) is 0.794. The monoisotopic (exact) mass is 271 g/mol. The molecule has 1 aromatic rings. The third-order valence-corrected chi connectivity index (χ3v) is 4.39. The molecule has 0 aliphatic rings. The number of anilines is 1. The van der Waals surface area contributed by atoms with Gasteiger partial charge >= 0.3 is 0 Å². The molecule has 0 unspecified atom stereocenters. The molecule has 0 saturated carbocycles. The summed E-state index contributed by atoms with van der Waals surface area (Å²) in [6, 6.07) is 3.39. The lowest BCUT2D eigenvalue weighted by Gasteiger charge is -2.14. The number of nitrogens with zero attached hydrogens (tertiary/aromatic N) is 1. The van der Waals surface area contributed by atoms with Crippen molar-refractivity contribution < 1.29 is 8.42 Å². The predicted molar refractivity (Wildman–Crippen MR) is 73.0 cm³/mol. The first-order chi connectivity index (χ1) is 8.55. The highest BCUT2D eigenvalue weighted by Crippen LogP contribution is 2.17. The maximum absolute atomic E-state index is 12.1. The van der Waals surface area contributed by atoms with E-state index in [4.69, 9.17) is 0 Å². The van der Waals surface area contributed by atoms with Gasteiger partial charge in [-0.05, 0) is 18.1 Å². The molecule has 102 valence electrons. The highest BCUT2D eigenvalue weighted by atomic mass is 32.2. The van der Waals surface area contributed by atoms with Gasteiger partial charge in [-0.1, -0.05) is 26.7 Å². The largest absolute Gasteiger partial charge is 0.386 e.